The second kappa shape index (κ2) is 9.59. The maximum atomic E-state index is 10.0. The summed E-state index contributed by atoms with van der Waals surface area (Å²) in [5.74, 6) is 0.672. The van der Waals surface area contributed by atoms with E-state index in [1.807, 2.05) is 0 Å². The van der Waals surface area contributed by atoms with Crippen LogP contribution in [0.25, 0.3) is 0 Å². The molecule has 0 rings (SSSR count). The van der Waals surface area contributed by atoms with Crippen LogP contribution in [0, 0.1) is 5.92 Å². The van der Waals surface area contributed by atoms with Crippen LogP contribution < -0.4 is 9.79 Å². The molecule has 0 atom stereocenters. The quantitative estimate of drug-likeness (QED) is 0.377. The van der Waals surface area contributed by atoms with Gasteiger partial charge in [-0.15, -0.1) is 0 Å². The molecule has 0 N–H and O–H groups in total. The molecule has 0 heterocycles. The Morgan fingerprint density at radius 1 is 1.21 bits per heavy atom. The first-order chi connectivity index (χ1) is 5.92. The number of rotatable bonds is 7. The fraction of sp³-hybridized carbons (Fsp3) is 1.00. The molecule has 4 nitrogen and oxygen atoms in total. The van der Waals surface area contributed by atoms with Gasteiger partial charge in [-0.05, 0) is 12.3 Å². The van der Waals surface area contributed by atoms with E-state index in [4.69, 9.17) is 0 Å². The van der Waals surface area contributed by atoms with E-state index in [-0.39, 0.29) is 44.3 Å². The molecule has 0 aliphatic carbocycles. The SMILES string of the molecule is CC(C)CCCCCOP(=O)([O-])[O-].[Ca+2]. The summed E-state index contributed by atoms with van der Waals surface area (Å²) >= 11 is 0. The van der Waals surface area contributed by atoms with Crippen molar-refractivity contribution < 1.29 is 18.9 Å². The molecule has 0 amide bonds. The Morgan fingerprint density at radius 3 is 2.21 bits per heavy atom. The minimum atomic E-state index is -4.73. The first-order valence-corrected chi connectivity index (χ1v) is 6.04. The molecule has 6 heteroatoms. The van der Waals surface area contributed by atoms with Crippen LogP contribution in [0.5, 0.6) is 0 Å². The van der Waals surface area contributed by atoms with Gasteiger partial charge in [-0.3, -0.25) is 0 Å². The van der Waals surface area contributed by atoms with E-state index in [2.05, 4.69) is 18.4 Å². The van der Waals surface area contributed by atoms with Gasteiger partial charge in [-0.2, -0.15) is 0 Å². The molecule has 0 aromatic carbocycles. The normalized spacial score (nSPS) is 11.5. The van der Waals surface area contributed by atoms with Crippen LogP contribution in [-0.4, -0.2) is 44.3 Å². The first-order valence-electron chi connectivity index (χ1n) is 4.58. The fourth-order valence-corrected chi connectivity index (χ4v) is 1.36. The Balaban J connectivity index is 0. The number of phosphoric ester groups is 1. The average molecular weight is 248 g/mol. The second-order valence-electron chi connectivity index (χ2n) is 3.52. The van der Waals surface area contributed by atoms with Crippen LogP contribution in [-0.2, 0) is 9.09 Å². The molecular formula is C8H17CaO4P. The van der Waals surface area contributed by atoms with E-state index in [1.165, 1.54) is 0 Å². The average Bonchev–Trinajstić information content (AvgIpc) is 1.93. The van der Waals surface area contributed by atoms with Crippen LogP contribution in [0.2, 0.25) is 0 Å². The van der Waals surface area contributed by atoms with Gasteiger partial charge >= 0.3 is 37.7 Å². The van der Waals surface area contributed by atoms with E-state index >= 15 is 0 Å². The van der Waals surface area contributed by atoms with Crippen LogP contribution in [0.1, 0.15) is 39.5 Å². The van der Waals surface area contributed by atoms with E-state index in [9.17, 15) is 14.4 Å². The zero-order valence-corrected chi connectivity index (χ0v) is 12.0. The molecule has 0 bridgehead atoms. The molecule has 0 aromatic rings. The Kier molecular flexibility index (Phi) is 12.2. The Hall–Kier alpha value is 1.37. The fourth-order valence-electron chi connectivity index (χ4n) is 1.01. The van der Waals surface area contributed by atoms with Gasteiger partial charge < -0.3 is 18.9 Å². The third kappa shape index (κ3) is 15.8. The van der Waals surface area contributed by atoms with Gasteiger partial charge in [0.15, 0.2) is 0 Å². The van der Waals surface area contributed by atoms with Crippen molar-refractivity contribution in [3.05, 3.63) is 0 Å². The molecule has 0 aliphatic heterocycles. The van der Waals surface area contributed by atoms with Crippen molar-refractivity contribution in [2.75, 3.05) is 6.61 Å². The zero-order valence-electron chi connectivity index (χ0n) is 8.90. The number of hydrogen-bond acceptors (Lipinski definition) is 4. The van der Waals surface area contributed by atoms with Crippen molar-refractivity contribution in [3.63, 3.8) is 0 Å². The summed E-state index contributed by atoms with van der Waals surface area (Å²) in [6.07, 6.45) is 3.74. The van der Waals surface area contributed by atoms with Crippen molar-refractivity contribution in [3.8, 4) is 0 Å². The maximum absolute atomic E-state index is 10.0. The van der Waals surface area contributed by atoms with E-state index < -0.39 is 7.82 Å². The van der Waals surface area contributed by atoms with Crippen molar-refractivity contribution in [2.45, 2.75) is 39.5 Å². The van der Waals surface area contributed by atoms with Gasteiger partial charge in [0.1, 0.15) is 0 Å². The smallest absolute Gasteiger partial charge is 0.790 e. The maximum Gasteiger partial charge on any atom is 2.00 e. The zero-order chi connectivity index (χ0) is 10.3. The third-order valence-corrected chi connectivity index (χ3v) is 2.17. The molecule has 0 aliphatic rings. The minimum absolute atomic E-state index is 0. The molecule has 0 fully saturated rings. The molecular weight excluding hydrogens is 231 g/mol. The molecule has 0 saturated carbocycles. The predicted molar refractivity (Wildman–Crippen MR) is 52.6 cm³/mol. The van der Waals surface area contributed by atoms with Gasteiger partial charge in [0.25, 0.3) is 0 Å². The summed E-state index contributed by atoms with van der Waals surface area (Å²) in [6.45, 7) is 4.31. The van der Waals surface area contributed by atoms with Crippen molar-refractivity contribution in [2.24, 2.45) is 5.92 Å². The van der Waals surface area contributed by atoms with E-state index in [0.717, 1.165) is 19.3 Å². The molecule has 0 radical (unpaired) electrons. The molecule has 0 aromatic heterocycles. The van der Waals surface area contributed by atoms with Gasteiger partial charge in [0.05, 0.1) is 14.4 Å². The molecule has 0 unspecified atom stereocenters. The Bertz CT molecular complexity index is 169. The number of unbranched alkanes of at least 4 members (excludes halogenated alkanes) is 2. The van der Waals surface area contributed by atoms with Crippen molar-refractivity contribution in [1.29, 1.82) is 0 Å². The molecule has 14 heavy (non-hydrogen) atoms. The molecule has 0 spiro atoms. The Labute approximate surface area is 116 Å². The van der Waals surface area contributed by atoms with Gasteiger partial charge in [-0.25, -0.2) is 0 Å². The van der Waals surface area contributed by atoms with Crippen LogP contribution >= 0.6 is 7.82 Å². The van der Waals surface area contributed by atoms with Gasteiger partial charge in [0.2, 0.25) is 0 Å². The summed E-state index contributed by atoms with van der Waals surface area (Å²) in [4.78, 5) is 20.0. The summed E-state index contributed by atoms with van der Waals surface area (Å²) in [5.41, 5.74) is 0. The predicted octanol–water partition coefficient (Wildman–Crippen LogP) is 0.667. The van der Waals surface area contributed by atoms with Crippen LogP contribution in [0.4, 0.5) is 0 Å². The number of phosphoric acid groups is 1. The number of hydrogen-bond donors (Lipinski definition) is 0. The standard InChI is InChI=1S/C8H19O4P.Ca/c1-8(2)6-4-3-5-7-12-13(9,10)11;/h8H,3-7H2,1-2H3,(H2,9,10,11);/q;+2/p-2. The molecule has 80 valence electrons. The van der Waals surface area contributed by atoms with E-state index in [1.54, 1.807) is 0 Å². The second-order valence-corrected chi connectivity index (χ2v) is 4.68. The van der Waals surface area contributed by atoms with Gasteiger partial charge in [-0.1, -0.05) is 33.1 Å². The summed E-state index contributed by atoms with van der Waals surface area (Å²) in [5, 5.41) is 0. The third-order valence-electron chi connectivity index (χ3n) is 1.68. The van der Waals surface area contributed by atoms with Crippen LogP contribution in [0.15, 0.2) is 0 Å². The Morgan fingerprint density at radius 2 is 1.79 bits per heavy atom. The summed E-state index contributed by atoms with van der Waals surface area (Å²) in [6, 6.07) is 0. The van der Waals surface area contributed by atoms with Crippen LogP contribution in [0.3, 0.4) is 0 Å². The summed E-state index contributed by atoms with van der Waals surface area (Å²) in [7, 11) is -4.73. The van der Waals surface area contributed by atoms with Crippen molar-refractivity contribution >= 4 is 45.6 Å². The van der Waals surface area contributed by atoms with Crippen molar-refractivity contribution in [1.82, 2.24) is 0 Å². The minimum Gasteiger partial charge on any atom is -0.790 e. The summed E-state index contributed by atoms with van der Waals surface area (Å²) < 4.78 is 14.1. The topological polar surface area (TPSA) is 72.4 Å². The van der Waals surface area contributed by atoms with E-state index in [0.29, 0.717) is 12.3 Å². The monoisotopic (exact) mass is 248 g/mol. The van der Waals surface area contributed by atoms with Gasteiger partial charge in [0, 0.05) is 0 Å². The largest absolute Gasteiger partial charge is 2.00 e. The first kappa shape index (κ1) is 17.8. The molecule has 0 saturated heterocycles.